The lowest BCUT2D eigenvalue weighted by Crippen LogP contribution is -2.45. The van der Waals surface area contributed by atoms with E-state index < -0.39 is 0 Å². The first kappa shape index (κ1) is 21.2. The van der Waals surface area contributed by atoms with Gasteiger partial charge in [-0.15, -0.1) is 24.0 Å². The zero-order valence-electron chi connectivity index (χ0n) is 14.8. The summed E-state index contributed by atoms with van der Waals surface area (Å²) in [5.41, 5.74) is 1.73. The average molecular weight is 455 g/mol. The van der Waals surface area contributed by atoms with Crippen LogP contribution in [0.2, 0.25) is 0 Å². The number of nitrogens with one attached hydrogen (secondary N) is 2. The molecule has 0 aliphatic carbocycles. The van der Waals surface area contributed by atoms with Gasteiger partial charge in [-0.3, -0.25) is 9.79 Å². The number of amides is 1. The summed E-state index contributed by atoms with van der Waals surface area (Å²) in [4.78, 5) is 18.1. The van der Waals surface area contributed by atoms with E-state index in [0.717, 1.165) is 37.5 Å². The van der Waals surface area contributed by atoms with Crippen molar-refractivity contribution in [3.8, 4) is 6.07 Å². The number of carbonyl (C=O) groups excluding carboxylic acids is 1. The number of hydrogen-bond donors (Lipinski definition) is 2. The molecular formula is C18H26IN5O. The maximum Gasteiger partial charge on any atom is 0.220 e. The topological polar surface area (TPSA) is 80.5 Å². The van der Waals surface area contributed by atoms with Crippen LogP contribution in [0, 0.1) is 17.2 Å². The lowest BCUT2D eigenvalue weighted by Gasteiger charge is -2.34. The quantitative estimate of drug-likeness (QED) is 0.414. The van der Waals surface area contributed by atoms with Gasteiger partial charge in [0.25, 0.3) is 0 Å². The van der Waals surface area contributed by atoms with Crippen LogP contribution in [-0.4, -0.2) is 44.0 Å². The van der Waals surface area contributed by atoms with E-state index in [2.05, 4.69) is 26.6 Å². The van der Waals surface area contributed by atoms with E-state index in [-0.39, 0.29) is 29.9 Å². The number of aliphatic imine (C=N–C) groups is 1. The van der Waals surface area contributed by atoms with E-state index in [9.17, 15) is 4.79 Å². The third-order valence-electron chi connectivity index (χ3n) is 4.39. The third-order valence-corrected chi connectivity index (χ3v) is 4.39. The van der Waals surface area contributed by atoms with Gasteiger partial charge < -0.3 is 15.5 Å². The first-order valence-corrected chi connectivity index (χ1v) is 8.31. The van der Waals surface area contributed by atoms with E-state index in [1.807, 2.05) is 18.2 Å². The SMILES string of the molecule is CN=C(NCc1cccc(C#N)c1)N1CCC(CC(=O)NC)CC1.I. The summed E-state index contributed by atoms with van der Waals surface area (Å²) in [7, 11) is 3.47. The molecule has 0 spiro atoms. The van der Waals surface area contributed by atoms with E-state index in [0.29, 0.717) is 24.4 Å². The van der Waals surface area contributed by atoms with E-state index in [1.54, 1.807) is 20.2 Å². The Morgan fingerprint density at radius 3 is 2.72 bits per heavy atom. The minimum absolute atomic E-state index is 0. The smallest absolute Gasteiger partial charge is 0.220 e. The number of hydrogen-bond acceptors (Lipinski definition) is 3. The van der Waals surface area contributed by atoms with Crippen LogP contribution >= 0.6 is 24.0 Å². The number of likely N-dealkylation sites (tertiary alicyclic amines) is 1. The minimum atomic E-state index is 0. The second-order valence-electron chi connectivity index (χ2n) is 6.02. The summed E-state index contributed by atoms with van der Waals surface area (Å²) >= 11 is 0. The molecule has 1 aromatic rings. The molecule has 2 N–H and O–H groups in total. The highest BCUT2D eigenvalue weighted by atomic mass is 127. The molecule has 25 heavy (non-hydrogen) atoms. The van der Waals surface area contributed by atoms with Crippen LogP contribution in [0.1, 0.15) is 30.4 Å². The number of halogens is 1. The minimum Gasteiger partial charge on any atom is -0.359 e. The van der Waals surface area contributed by atoms with Crippen molar-refractivity contribution in [1.82, 2.24) is 15.5 Å². The number of benzene rings is 1. The van der Waals surface area contributed by atoms with E-state index >= 15 is 0 Å². The molecule has 1 heterocycles. The van der Waals surface area contributed by atoms with Crippen LogP contribution in [0.4, 0.5) is 0 Å². The van der Waals surface area contributed by atoms with Gasteiger partial charge >= 0.3 is 0 Å². The zero-order valence-corrected chi connectivity index (χ0v) is 17.1. The Bertz CT molecular complexity index is 633. The molecule has 0 aromatic heterocycles. The van der Waals surface area contributed by atoms with Gasteiger partial charge in [-0.25, -0.2) is 0 Å². The van der Waals surface area contributed by atoms with Crippen molar-refractivity contribution >= 4 is 35.8 Å². The number of nitrogens with zero attached hydrogens (tertiary/aromatic N) is 3. The second kappa shape index (κ2) is 10.9. The predicted octanol–water partition coefficient (Wildman–Crippen LogP) is 2.10. The van der Waals surface area contributed by atoms with Crippen molar-refractivity contribution in [1.29, 1.82) is 5.26 Å². The lowest BCUT2D eigenvalue weighted by molar-refractivity contribution is -0.121. The Morgan fingerprint density at radius 1 is 1.40 bits per heavy atom. The Hall–Kier alpha value is -1.82. The molecule has 1 aromatic carbocycles. The van der Waals surface area contributed by atoms with Crippen molar-refractivity contribution in [3.05, 3.63) is 35.4 Å². The Balaban J connectivity index is 0.00000312. The molecule has 0 saturated carbocycles. The highest BCUT2D eigenvalue weighted by Gasteiger charge is 2.22. The maximum atomic E-state index is 11.5. The molecule has 1 saturated heterocycles. The first-order chi connectivity index (χ1) is 11.7. The van der Waals surface area contributed by atoms with E-state index in [1.165, 1.54) is 0 Å². The fourth-order valence-electron chi connectivity index (χ4n) is 2.98. The maximum absolute atomic E-state index is 11.5. The Morgan fingerprint density at radius 2 is 2.12 bits per heavy atom. The summed E-state index contributed by atoms with van der Waals surface area (Å²) in [6, 6.07) is 9.73. The molecular weight excluding hydrogens is 429 g/mol. The summed E-state index contributed by atoms with van der Waals surface area (Å²) in [5, 5.41) is 15.0. The van der Waals surface area contributed by atoms with Crippen molar-refractivity contribution < 1.29 is 4.79 Å². The standard InChI is InChI=1S/C18H25N5O.HI/c1-20-17(24)11-14-6-8-23(9-7-14)18(21-2)22-13-16-5-3-4-15(10-16)12-19;/h3-5,10,14H,6-9,11,13H2,1-2H3,(H,20,24)(H,21,22);1H. The van der Waals surface area contributed by atoms with Gasteiger partial charge in [0.2, 0.25) is 5.91 Å². The molecule has 2 rings (SSSR count). The van der Waals surface area contributed by atoms with Crippen LogP contribution in [-0.2, 0) is 11.3 Å². The van der Waals surface area contributed by atoms with Crippen LogP contribution in [0.5, 0.6) is 0 Å². The number of nitriles is 1. The first-order valence-electron chi connectivity index (χ1n) is 8.31. The van der Waals surface area contributed by atoms with Gasteiger partial charge in [-0.2, -0.15) is 5.26 Å². The van der Waals surface area contributed by atoms with Crippen LogP contribution < -0.4 is 10.6 Å². The molecule has 1 fully saturated rings. The van der Waals surface area contributed by atoms with Gasteiger partial charge in [0.15, 0.2) is 5.96 Å². The highest BCUT2D eigenvalue weighted by molar-refractivity contribution is 14.0. The Kier molecular flexibility index (Phi) is 9.27. The van der Waals surface area contributed by atoms with Gasteiger partial charge in [0, 0.05) is 40.2 Å². The fourth-order valence-corrected chi connectivity index (χ4v) is 2.98. The molecule has 1 amide bonds. The van der Waals surface area contributed by atoms with Crippen molar-refractivity contribution in [2.24, 2.45) is 10.9 Å². The van der Waals surface area contributed by atoms with E-state index in [4.69, 9.17) is 5.26 Å². The highest BCUT2D eigenvalue weighted by Crippen LogP contribution is 2.20. The average Bonchev–Trinajstić information content (AvgIpc) is 2.63. The monoisotopic (exact) mass is 455 g/mol. The number of carbonyl (C=O) groups is 1. The number of guanidine groups is 1. The zero-order chi connectivity index (χ0) is 17.4. The fraction of sp³-hybridized carbons (Fsp3) is 0.500. The lowest BCUT2D eigenvalue weighted by atomic mass is 9.93. The van der Waals surface area contributed by atoms with Crippen LogP contribution in [0.3, 0.4) is 0 Å². The van der Waals surface area contributed by atoms with Gasteiger partial charge in [-0.05, 0) is 36.5 Å². The van der Waals surface area contributed by atoms with Crippen molar-refractivity contribution in [2.75, 3.05) is 27.2 Å². The van der Waals surface area contributed by atoms with Crippen molar-refractivity contribution in [3.63, 3.8) is 0 Å². The molecule has 1 aliphatic heterocycles. The number of rotatable bonds is 4. The normalized spacial score (nSPS) is 15.1. The summed E-state index contributed by atoms with van der Waals surface area (Å²) in [5.74, 6) is 1.44. The molecule has 136 valence electrons. The molecule has 1 aliphatic rings. The molecule has 0 atom stereocenters. The van der Waals surface area contributed by atoms with Gasteiger partial charge in [0.05, 0.1) is 11.6 Å². The van der Waals surface area contributed by atoms with Crippen LogP contribution in [0.25, 0.3) is 0 Å². The molecule has 0 radical (unpaired) electrons. The van der Waals surface area contributed by atoms with Crippen LogP contribution in [0.15, 0.2) is 29.3 Å². The summed E-state index contributed by atoms with van der Waals surface area (Å²) < 4.78 is 0. The van der Waals surface area contributed by atoms with Gasteiger partial charge in [0.1, 0.15) is 0 Å². The largest absolute Gasteiger partial charge is 0.359 e. The summed E-state index contributed by atoms with van der Waals surface area (Å²) in [6.45, 7) is 2.44. The second-order valence-corrected chi connectivity index (χ2v) is 6.02. The molecule has 7 heteroatoms. The van der Waals surface area contributed by atoms with Crippen molar-refractivity contribution in [2.45, 2.75) is 25.8 Å². The third kappa shape index (κ3) is 6.53. The van der Waals surface area contributed by atoms with Gasteiger partial charge in [-0.1, -0.05) is 12.1 Å². The summed E-state index contributed by atoms with van der Waals surface area (Å²) in [6.07, 6.45) is 2.60. The predicted molar refractivity (Wildman–Crippen MR) is 110 cm³/mol. The number of piperidine rings is 1. The Labute approximate surface area is 166 Å². The molecule has 0 unspecified atom stereocenters. The molecule has 6 nitrogen and oxygen atoms in total. The molecule has 0 bridgehead atoms.